The molecule has 0 radical (unpaired) electrons. The minimum atomic E-state index is 0.439. The zero-order valence-corrected chi connectivity index (χ0v) is 33.4. The van der Waals surface area contributed by atoms with Gasteiger partial charge in [0.1, 0.15) is 5.75 Å². The van der Waals surface area contributed by atoms with E-state index in [1.54, 1.807) is 0 Å². The predicted octanol–water partition coefficient (Wildman–Crippen LogP) is 9.55. The van der Waals surface area contributed by atoms with Crippen LogP contribution in [0.5, 0.6) is 5.75 Å². The summed E-state index contributed by atoms with van der Waals surface area (Å²) in [5.41, 5.74) is 12.3. The van der Waals surface area contributed by atoms with Gasteiger partial charge in [0.2, 0.25) is 0 Å². The normalized spacial score (nSPS) is 12.2. The molecule has 0 aliphatic carbocycles. The Morgan fingerprint density at radius 3 is 1.23 bits per heavy atom. The second-order valence-corrected chi connectivity index (χ2v) is 17.3. The van der Waals surface area contributed by atoms with Crippen LogP contribution in [0.4, 0.5) is 11.4 Å². The molecule has 4 aromatic carbocycles. The number of aryl methyl sites for hydroxylation is 1. The van der Waals surface area contributed by atoms with Crippen LogP contribution in [-0.2, 0) is 0 Å². The van der Waals surface area contributed by atoms with Gasteiger partial charge in [-0.15, -0.1) is 0 Å². The average molecular weight is 669 g/mol. The van der Waals surface area contributed by atoms with Crippen LogP contribution < -0.4 is 35.8 Å². The Morgan fingerprint density at radius 2 is 0.894 bits per heavy atom. The zero-order valence-electron chi connectivity index (χ0n) is 31.4. The standard InChI is InChI=1S/C42H58N2OP2/c1-25(2)32-21-30(22-33(26(3)4)41(32)43(10)11)46-37-19-15-17-29(9)39(37)40-36(45-14)18-16-20-38(40)47-31-23-34(27(5)6)42(44(12)13)35(24-31)28(7)8/h15-28,46-47H,1-14H3. The van der Waals surface area contributed by atoms with Crippen molar-refractivity contribution in [2.24, 2.45) is 0 Å². The predicted molar refractivity (Wildman–Crippen MR) is 216 cm³/mol. The molecule has 0 heterocycles. The molecule has 5 heteroatoms. The van der Waals surface area contributed by atoms with Crippen molar-refractivity contribution < 1.29 is 4.74 Å². The molecule has 0 N–H and O–H groups in total. The van der Waals surface area contributed by atoms with Crippen LogP contribution in [0, 0.1) is 6.92 Å². The molecule has 2 atom stereocenters. The van der Waals surface area contributed by atoms with Gasteiger partial charge in [-0.3, -0.25) is 0 Å². The third-order valence-corrected chi connectivity index (χ3v) is 11.6. The number of hydrogen-bond acceptors (Lipinski definition) is 3. The Balaban J connectivity index is 1.92. The zero-order chi connectivity index (χ0) is 34.7. The van der Waals surface area contributed by atoms with Crippen molar-refractivity contribution in [1.82, 2.24) is 0 Å². The van der Waals surface area contributed by atoms with Gasteiger partial charge in [-0.2, -0.15) is 0 Å². The van der Waals surface area contributed by atoms with Gasteiger partial charge >= 0.3 is 0 Å². The highest BCUT2D eigenvalue weighted by Gasteiger charge is 2.23. The Morgan fingerprint density at radius 1 is 0.532 bits per heavy atom. The van der Waals surface area contributed by atoms with Gasteiger partial charge in [0.05, 0.1) is 7.11 Å². The Kier molecular flexibility index (Phi) is 12.2. The molecule has 0 amide bonds. The molecule has 47 heavy (non-hydrogen) atoms. The van der Waals surface area contributed by atoms with E-state index in [4.69, 9.17) is 4.74 Å². The van der Waals surface area contributed by atoms with Crippen LogP contribution in [-0.4, -0.2) is 35.3 Å². The van der Waals surface area contributed by atoms with Gasteiger partial charge in [-0.25, -0.2) is 0 Å². The van der Waals surface area contributed by atoms with Gasteiger partial charge in [-0.1, -0.05) is 103 Å². The molecular formula is C42H58N2OP2. The van der Waals surface area contributed by atoms with E-state index in [1.165, 1.54) is 71.5 Å². The maximum atomic E-state index is 6.15. The average Bonchev–Trinajstić information content (AvgIpc) is 3.00. The van der Waals surface area contributed by atoms with Crippen LogP contribution in [0.2, 0.25) is 0 Å². The molecule has 0 aromatic heterocycles. The molecule has 252 valence electrons. The topological polar surface area (TPSA) is 15.7 Å². The maximum absolute atomic E-state index is 6.15. The second-order valence-electron chi connectivity index (χ2n) is 14.5. The van der Waals surface area contributed by atoms with E-state index in [0.717, 1.165) is 5.75 Å². The summed E-state index contributed by atoms with van der Waals surface area (Å²) in [4.78, 5) is 4.60. The van der Waals surface area contributed by atoms with E-state index >= 15 is 0 Å². The van der Waals surface area contributed by atoms with Crippen molar-refractivity contribution >= 4 is 49.8 Å². The summed E-state index contributed by atoms with van der Waals surface area (Å²) < 4.78 is 6.15. The first-order valence-electron chi connectivity index (χ1n) is 17.2. The lowest BCUT2D eigenvalue weighted by molar-refractivity contribution is 0.417. The molecule has 0 saturated heterocycles. The van der Waals surface area contributed by atoms with Crippen LogP contribution in [0.15, 0.2) is 60.7 Å². The lowest BCUT2D eigenvalue weighted by Gasteiger charge is -2.27. The first-order valence-corrected chi connectivity index (χ1v) is 19.2. The fourth-order valence-corrected chi connectivity index (χ4v) is 9.49. The summed E-state index contributed by atoms with van der Waals surface area (Å²) in [7, 11) is 11.6. The van der Waals surface area contributed by atoms with Crippen molar-refractivity contribution in [3.8, 4) is 16.9 Å². The highest BCUT2D eigenvalue weighted by Crippen LogP contribution is 2.40. The van der Waals surface area contributed by atoms with Crippen LogP contribution in [0.25, 0.3) is 11.1 Å². The molecule has 0 spiro atoms. The van der Waals surface area contributed by atoms with Crippen LogP contribution in [0.3, 0.4) is 0 Å². The van der Waals surface area contributed by atoms with E-state index in [-0.39, 0.29) is 0 Å². The molecule has 0 aliphatic heterocycles. The van der Waals surface area contributed by atoms with Crippen molar-refractivity contribution in [3.05, 3.63) is 88.5 Å². The van der Waals surface area contributed by atoms with E-state index < -0.39 is 0 Å². The first-order chi connectivity index (χ1) is 22.2. The summed E-state index contributed by atoms with van der Waals surface area (Å²) in [6.07, 6.45) is 0. The first kappa shape index (κ1) is 37.0. The van der Waals surface area contributed by atoms with Crippen LogP contribution >= 0.6 is 17.2 Å². The van der Waals surface area contributed by atoms with E-state index in [2.05, 4.69) is 161 Å². The van der Waals surface area contributed by atoms with Crippen molar-refractivity contribution in [2.75, 3.05) is 45.1 Å². The highest BCUT2D eigenvalue weighted by atomic mass is 31.1. The van der Waals surface area contributed by atoms with Crippen molar-refractivity contribution in [3.63, 3.8) is 0 Å². The summed E-state index contributed by atoms with van der Waals surface area (Å²) in [6, 6.07) is 23.3. The second kappa shape index (κ2) is 15.6. The third kappa shape index (κ3) is 8.07. The van der Waals surface area contributed by atoms with Gasteiger partial charge in [-0.05, 0) is 116 Å². The number of hydrogen-bond donors (Lipinski definition) is 0. The molecule has 0 fully saturated rings. The SMILES string of the molecule is COc1cccc(Pc2cc(C(C)C)c(N(C)C)c(C(C)C)c2)c1-c1c(C)cccc1Pc1cc(C(C)C)c(N(C)C)c(C(C)C)c1. The van der Waals surface area contributed by atoms with E-state index in [9.17, 15) is 0 Å². The molecule has 4 rings (SSSR count). The van der Waals surface area contributed by atoms with E-state index in [1.807, 2.05) is 7.11 Å². The summed E-state index contributed by atoms with van der Waals surface area (Å²) >= 11 is 0. The number of rotatable bonds is 12. The number of anilines is 2. The fourth-order valence-electron chi connectivity index (χ4n) is 6.78. The minimum Gasteiger partial charge on any atom is -0.496 e. The minimum absolute atomic E-state index is 0.439. The molecule has 0 aliphatic rings. The Hall–Kier alpha value is -2.86. The number of methoxy groups -OCH3 is 1. The largest absolute Gasteiger partial charge is 0.496 e. The quantitative estimate of drug-likeness (QED) is 0.140. The smallest absolute Gasteiger partial charge is 0.127 e. The lowest BCUT2D eigenvalue weighted by atomic mass is 9.92. The summed E-state index contributed by atoms with van der Waals surface area (Å²) in [5, 5.41) is 5.49. The van der Waals surface area contributed by atoms with Gasteiger partial charge in [0.25, 0.3) is 0 Å². The van der Waals surface area contributed by atoms with Gasteiger partial charge in [0, 0.05) is 45.1 Å². The third-order valence-electron chi connectivity index (χ3n) is 9.05. The molecule has 0 saturated carbocycles. The van der Waals surface area contributed by atoms with Gasteiger partial charge in [0.15, 0.2) is 0 Å². The maximum Gasteiger partial charge on any atom is 0.127 e. The van der Waals surface area contributed by atoms with Crippen LogP contribution in [0.1, 0.15) is 107 Å². The number of ether oxygens (including phenoxy) is 1. The fraction of sp³-hybridized carbons (Fsp3) is 0.429. The molecule has 0 bridgehead atoms. The lowest BCUT2D eigenvalue weighted by Crippen LogP contribution is -2.20. The number of nitrogens with zero attached hydrogens (tertiary/aromatic N) is 2. The molecule has 4 aromatic rings. The van der Waals surface area contributed by atoms with E-state index in [0.29, 0.717) is 40.8 Å². The summed E-state index contributed by atoms with van der Waals surface area (Å²) in [6.45, 7) is 20.8. The molecule has 3 nitrogen and oxygen atoms in total. The monoisotopic (exact) mass is 668 g/mol. The molecule has 2 unspecified atom stereocenters. The Labute approximate surface area is 290 Å². The highest BCUT2D eigenvalue weighted by molar-refractivity contribution is 7.56. The number of benzene rings is 4. The molecular weight excluding hydrogens is 610 g/mol. The Bertz CT molecular complexity index is 1640. The van der Waals surface area contributed by atoms with Crippen molar-refractivity contribution in [2.45, 2.75) is 86.0 Å². The van der Waals surface area contributed by atoms with Gasteiger partial charge < -0.3 is 14.5 Å². The van der Waals surface area contributed by atoms with Crippen molar-refractivity contribution in [1.29, 1.82) is 0 Å². The summed E-state index contributed by atoms with van der Waals surface area (Å²) in [5.74, 6) is 2.71.